The maximum Gasteiger partial charge on any atom is 0.397 e. The largest absolute Gasteiger partial charge is 0.506 e. The Balaban J connectivity index is 1.53. The van der Waals surface area contributed by atoms with Gasteiger partial charge in [-0.2, -0.15) is 42.1 Å². The van der Waals surface area contributed by atoms with Crippen LogP contribution >= 0.6 is 11.6 Å². The second-order valence-electron chi connectivity index (χ2n) is 12.7. The molecule has 27 nitrogen and oxygen atoms in total. The van der Waals surface area contributed by atoms with Gasteiger partial charge in [-0.3, -0.25) is 22.8 Å². The predicted molar refractivity (Wildman–Crippen MR) is 215 cm³/mol. The second kappa shape index (κ2) is 17.9. The quantitative estimate of drug-likeness (QED) is 0.0518. The summed E-state index contributed by atoms with van der Waals surface area (Å²) in [7, 11) is -30.7. The van der Waals surface area contributed by atoms with Gasteiger partial charge in [-0.1, -0.05) is 6.07 Å². The van der Waals surface area contributed by atoms with E-state index in [1.807, 2.05) is 0 Å². The molecule has 0 fully saturated rings. The van der Waals surface area contributed by atoms with E-state index in [2.05, 4.69) is 34.7 Å². The number of urea groups is 1. The summed E-state index contributed by atoms with van der Waals surface area (Å²) in [6.07, 6.45) is -0.970. The highest BCUT2D eigenvalue weighted by Gasteiger charge is 2.28. The van der Waals surface area contributed by atoms with Gasteiger partial charge in [-0.15, -0.1) is 10.2 Å². The molecule has 34 heteroatoms. The third-order valence-electron chi connectivity index (χ3n) is 8.17. The maximum atomic E-state index is 12.9. The van der Waals surface area contributed by atoms with Gasteiger partial charge in [0.2, 0.25) is 5.28 Å². The Morgan fingerprint density at radius 2 is 1.25 bits per heavy atom. The molecule has 9 N–H and O–H groups in total. The van der Waals surface area contributed by atoms with Gasteiger partial charge in [-0.05, 0) is 71.1 Å². The number of fused-ring (bicyclic) bond motifs is 1. The predicted octanol–water partition coefficient (Wildman–Crippen LogP) is 2.05. The van der Waals surface area contributed by atoms with E-state index in [9.17, 15) is 78.6 Å². The van der Waals surface area contributed by atoms with Crippen molar-refractivity contribution in [2.24, 2.45) is 16.0 Å². The summed E-state index contributed by atoms with van der Waals surface area (Å²) < 4.78 is 196. The number of amides is 2. The number of aromatic nitrogens is 3. The van der Waals surface area contributed by atoms with E-state index in [-0.39, 0.29) is 35.0 Å². The van der Waals surface area contributed by atoms with Gasteiger partial charge in [0.25, 0.3) is 40.5 Å². The number of rotatable bonds is 16. The molecule has 0 radical (unpaired) electrons. The number of primary amides is 1. The first-order valence-electron chi connectivity index (χ1n) is 16.4. The van der Waals surface area contributed by atoms with Crippen molar-refractivity contribution in [3.8, 4) is 5.75 Å². The zero-order chi connectivity index (χ0) is 48.0. The Hall–Kier alpha value is -5.43. The lowest BCUT2D eigenvalue weighted by atomic mass is 10.1. The molecular formula is C30H26ClN7O20S6. The minimum Gasteiger partial charge on any atom is -0.506 e. The molecule has 0 aliphatic rings. The van der Waals surface area contributed by atoms with Crippen LogP contribution in [0.25, 0.3) is 10.8 Å². The maximum absolute atomic E-state index is 12.9. The number of hydrogen-bond acceptors (Lipinski definition) is 20. The summed E-state index contributed by atoms with van der Waals surface area (Å²) in [5, 5.41) is 19.0. The van der Waals surface area contributed by atoms with Gasteiger partial charge < -0.3 is 16.2 Å². The third-order valence-corrected chi connectivity index (χ3v) is 13.9. The number of nitrogens with two attached hydrogens (primary N) is 1. The molecule has 344 valence electrons. The summed E-state index contributed by atoms with van der Waals surface area (Å²) in [6.45, 7) is -1.12. The van der Waals surface area contributed by atoms with Crippen molar-refractivity contribution >= 4 is 106 Å². The molecule has 1 aromatic heterocycles. The van der Waals surface area contributed by atoms with Crippen molar-refractivity contribution < 1.29 is 87.4 Å². The lowest BCUT2D eigenvalue weighted by Crippen LogP contribution is -2.19. The van der Waals surface area contributed by atoms with Crippen LogP contribution in [0.3, 0.4) is 0 Å². The number of nitrogens with one attached hydrogen (secondary N) is 1. The molecule has 0 saturated heterocycles. The number of anilines is 1. The molecule has 0 atom stereocenters. The van der Waals surface area contributed by atoms with Gasteiger partial charge in [0.05, 0.1) is 27.8 Å². The number of phenolic OH excluding ortho intramolecular Hbond substituents is 1. The standard InChI is InChI=1S/C30H26ClN7O20S6/c31-29-35-26(34-27(36-29)10-16-8-17(11-25(28(16)39)63(52,53)54)59(41,42)4-3-58-64(55,56)57)6-14-1-2-20(21(5-14)33-30(32)40)37-38-22-13-19-15(9-24(22)62(49,50)51)7-18(60(43,44)45)12-23(19)61(46,47)48/h1-2,5,7-9,11-13,39H,3-4,6,10H2,(H3,32,33,40)(H,43,44,45)(H,46,47,48)(H,49,50,51)(H,52,53,54)(H,55,56,57). The van der Waals surface area contributed by atoms with Crippen LogP contribution in [-0.2, 0) is 77.7 Å². The number of halogens is 1. The monoisotopic (exact) mass is 1030 g/mol. The molecule has 0 aliphatic carbocycles. The van der Waals surface area contributed by atoms with Crippen molar-refractivity contribution in [1.29, 1.82) is 0 Å². The van der Waals surface area contributed by atoms with Crippen molar-refractivity contribution in [1.82, 2.24) is 15.0 Å². The number of benzene rings is 4. The van der Waals surface area contributed by atoms with Crippen LogP contribution in [0.5, 0.6) is 5.75 Å². The summed E-state index contributed by atoms with van der Waals surface area (Å²) in [5.74, 6) is -2.76. The van der Waals surface area contributed by atoms with E-state index >= 15 is 0 Å². The van der Waals surface area contributed by atoms with Crippen molar-refractivity contribution in [2.45, 2.75) is 37.3 Å². The van der Waals surface area contributed by atoms with E-state index in [0.29, 0.717) is 30.3 Å². The van der Waals surface area contributed by atoms with Crippen molar-refractivity contribution in [2.75, 3.05) is 17.7 Å². The number of nitrogens with zero attached hydrogens (tertiary/aromatic N) is 5. The topological polar surface area (TPSA) is 454 Å². The number of sulfone groups is 1. The molecule has 0 unspecified atom stereocenters. The van der Waals surface area contributed by atoms with E-state index in [1.165, 1.54) is 18.2 Å². The second-order valence-corrected chi connectivity index (χ2v) is 21.8. The minimum absolute atomic E-state index is 0.157. The summed E-state index contributed by atoms with van der Waals surface area (Å²) in [4.78, 5) is 18.6. The average Bonchev–Trinajstić information content (AvgIpc) is 3.11. The van der Waals surface area contributed by atoms with Gasteiger partial charge in [-0.25, -0.2) is 32.3 Å². The first kappa shape index (κ1) is 49.6. The van der Waals surface area contributed by atoms with Crippen LogP contribution < -0.4 is 11.1 Å². The van der Waals surface area contributed by atoms with Crippen LogP contribution in [0.1, 0.15) is 22.8 Å². The van der Waals surface area contributed by atoms with Crippen molar-refractivity contribution in [3.63, 3.8) is 0 Å². The summed E-state index contributed by atoms with van der Waals surface area (Å²) in [6, 6.07) is 5.94. The first-order valence-corrected chi connectivity index (χ1v) is 25.6. The smallest absolute Gasteiger partial charge is 0.397 e. The molecule has 4 aromatic carbocycles. The Kier molecular flexibility index (Phi) is 13.8. The zero-order valence-electron chi connectivity index (χ0n) is 31.1. The number of phenols is 1. The van der Waals surface area contributed by atoms with Gasteiger partial charge >= 0.3 is 16.4 Å². The number of carbonyl (C=O) groups excluding carboxylic acids is 1. The number of hydrogen-bond donors (Lipinski definition) is 8. The van der Waals surface area contributed by atoms with Gasteiger partial charge in [0.1, 0.15) is 43.5 Å². The molecule has 1 heterocycles. The molecule has 2 amide bonds. The first-order chi connectivity index (χ1) is 29.2. The Labute approximate surface area is 365 Å². The molecular weight excluding hydrogens is 1010 g/mol. The highest BCUT2D eigenvalue weighted by Crippen LogP contribution is 2.37. The molecule has 0 spiro atoms. The van der Waals surface area contributed by atoms with E-state index in [0.717, 1.165) is 6.07 Å². The fourth-order valence-electron chi connectivity index (χ4n) is 5.55. The van der Waals surface area contributed by atoms with Crippen molar-refractivity contribution in [3.05, 3.63) is 82.7 Å². The lowest BCUT2D eigenvalue weighted by molar-refractivity contribution is 0.259. The zero-order valence-corrected chi connectivity index (χ0v) is 36.7. The van der Waals surface area contributed by atoms with E-state index in [1.54, 1.807) is 0 Å². The molecule has 0 saturated carbocycles. The molecule has 5 rings (SSSR count). The fraction of sp³-hybridized carbons (Fsp3) is 0.133. The Bertz CT molecular complexity index is 3500. The fourth-order valence-corrected chi connectivity index (χ4v) is 10.0. The molecule has 0 bridgehead atoms. The Morgan fingerprint density at radius 3 is 1.81 bits per heavy atom. The lowest BCUT2D eigenvalue weighted by Gasteiger charge is -2.13. The average molecular weight is 1030 g/mol. The highest BCUT2D eigenvalue weighted by molar-refractivity contribution is 7.91. The van der Waals surface area contributed by atoms with Gasteiger partial charge in [0, 0.05) is 23.8 Å². The number of azo groups is 1. The summed E-state index contributed by atoms with van der Waals surface area (Å²) >= 11 is 6.11. The third kappa shape index (κ3) is 12.4. The van der Waals surface area contributed by atoms with Crippen LogP contribution in [0, 0.1) is 0 Å². The SMILES string of the molecule is NC(=O)Nc1cc(Cc2nc(Cl)nc(Cc3cc(S(=O)(=O)CCOS(=O)(=O)O)cc(S(=O)(=O)O)c3O)n2)ccc1N=Nc1cc2c(S(=O)(=O)O)cc(S(=O)(=O)O)cc2cc1S(=O)(=O)O. The summed E-state index contributed by atoms with van der Waals surface area (Å²) in [5.41, 5.74) is 3.72. The normalized spacial score (nSPS) is 13.1. The number of aromatic hydroxyl groups is 1. The van der Waals surface area contributed by atoms with Crippen LogP contribution in [0.4, 0.5) is 21.9 Å². The van der Waals surface area contributed by atoms with E-state index < -0.39 is 143 Å². The van der Waals surface area contributed by atoms with Gasteiger partial charge in [0.15, 0.2) is 9.84 Å². The minimum atomic E-state index is -5.31. The van der Waals surface area contributed by atoms with E-state index in [4.69, 9.17) is 21.9 Å². The highest BCUT2D eigenvalue weighted by atomic mass is 35.5. The van der Waals surface area contributed by atoms with Crippen LogP contribution in [0.2, 0.25) is 5.28 Å². The van der Waals surface area contributed by atoms with Crippen LogP contribution in [-0.4, -0.2) is 112 Å². The van der Waals surface area contributed by atoms with Crippen LogP contribution in [0.15, 0.2) is 89.3 Å². The number of carbonyl (C=O) groups is 1. The molecule has 0 aliphatic heterocycles. The Morgan fingerprint density at radius 1 is 0.672 bits per heavy atom. The molecule has 64 heavy (non-hydrogen) atoms. The molecule has 5 aromatic rings.